The van der Waals surface area contributed by atoms with E-state index in [2.05, 4.69) is 22.5 Å². The molecule has 13 heavy (non-hydrogen) atoms. The Balaban J connectivity index is 2.97. The molecule has 1 nitrogen and oxygen atoms in total. The number of benzene rings is 1. The monoisotopic (exact) mass is 243 g/mol. The molecule has 0 aliphatic rings. The highest BCUT2D eigenvalue weighted by atomic mass is 79.9. The van der Waals surface area contributed by atoms with Crippen molar-refractivity contribution in [1.29, 1.82) is 0 Å². The van der Waals surface area contributed by atoms with Gasteiger partial charge in [-0.15, -0.1) is 6.58 Å². The van der Waals surface area contributed by atoms with Crippen LogP contribution < -0.4 is 5.73 Å². The zero-order valence-electron chi connectivity index (χ0n) is 7.13. The smallest absolute Gasteiger partial charge is 0.128 e. The SMILES string of the molecule is C=CC[C@H](N)c1cc(Br)ccc1F. The van der Waals surface area contributed by atoms with Gasteiger partial charge in [-0.1, -0.05) is 22.0 Å². The first kappa shape index (κ1) is 10.4. The molecule has 1 aromatic carbocycles. The van der Waals surface area contributed by atoms with Gasteiger partial charge in [-0.2, -0.15) is 0 Å². The maximum Gasteiger partial charge on any atom is 0.128 e. The minimum atomic E-state index is -0.310. The van der Waals surface area contributed by atoms with E-state index in [1.807, 2.05) is 0 Å². The topological polar surface area (TPSA) is 26.0 Å². The molecule has 0 aromatic heterocycles. The Morgan fingerprint density at radius 3 is 2.92 bits per heavy atom. The van der Waals surface area contributed by atoms with Crippen LogP contribution in [0, 0.1) is 5.82 Å². The van der Waals surface area contributed by atoms with Gasteiger partial charge in [0.2, 0.25) is 0 Å². The first-order valence-electron chi connectivity index (χ1n) is 3.96. The molecule has 0 radical (unpaired) electrons. The molecular weight excluding hydrogens is 233 g/mol. The van der Waals surface area contributed by atoms with E-state index in [0.717, 1.165) is 4.47 Å². The van der Waals surface area contributed by atoms with E-state index in [9.17, 15) is 4.39 Å². The fraction of sp³-hybridized carbons (Fsp3) is 0.200. The van der Waals surface area contributed by atoms with Gasteiger partial charge in [-0.25, -0.2) is 4.39 Å². The summed E-state index contributed by atoms with van der Waals surface area (Å²) in [7, 11) is 0. The Morgan fingerprint density at radius 2 is 2.31 bits per heavy atom. The second kappa shape index (κ2) is 4.53. The van der Waals surface area contributed by atoms with Gasteiger partial charge in [-0.05, 0) is 24.6 Å². The van der Waals surface area contributed by atoms with Gasteiger partial charge in [0.1, 0.15) is 5.82 Å². The lowest BCUT2D eigenvalue weighted by Gasteiger charge is -2.10. The molecule has 0 heterocycles. The molecule has 0 aliphatic heterocycles. The average molecular weight is 244 g/mol. The van der Waals surface area contributed by atoms with Crippen LogP contribution in [0.25, 0.3) is 0 Å². The summed E-state index contributed by atoms with van der Waals surface area (Å²) < 4.78 is 14.0. The first-order valence-corrected chi connectivity index (χ1v) is 4.76. The van der Waals surface area contributed by atoms with Crippen LogP contribution >= 0.6 is 15.9 Å². The third kappa shape index (κ3) is 2.64. The zero-order chi connectivity index (χ0) is 9.84. The summed E-state index contributed by atoms with van der Waals surface area (Å²) in [6.45, 7) is 3.56. The second-order valence-corrected chi connectivity index (χ2v) is 3.71. The van der Waals surface area contributed by atoms with Crippen LogP contribution in [0.3, 0.4) is 0 Å². The van der Waals surface area contributed by atoms with Crippen molar-refractivity contribution in [2.45, 2.75) is 12.5 Å². The predicted molar refractivity (Wildman–Crippen MR) is 55.8 cm³/mol. The predicted octanol–water partition coefficient (Wildman–Crippen LogP) is 3.16. The third-order valence-electron chi connectivity index (χ3n) is 1.78. The third-order valence-corrected chi connectivity index (χ3v) is 2.27. The summed E-state index contributed by atoms with van der Waals surface area (Å²) in [4.78, 5) is 0. The fourth-order valence-corrected chi connectivity index (χ4v) is 1.48. The highest BCUT2D eigenvalue weighted by molar-refractivity contribution is 9.10. The van der Waals surface area contributed by atoms with Crippen LogP contribution in [-0.2, 0) is 0 Å². The molecule has 0 saturated heterocycles. The normalized spacial score (nSPS) is 12.5. The average Bonchev–Trinajstić information content (AvgIpc) is 2.09. The number of nitrogens with two attached hydrogens (primary N) is 1. The van der Waals surface area contributed by atoms with Crippen LogP contribution in [0.5, 0.6) is 0 Å². The van der Waals surface area contributed by atoms with Crippen molar-refractivity contribution in [2.75, 3.05) is 0 Å². The Morgan fingerprint density at radius 1 is 1.62 bits per heavy atom. The Labute approximate surface area is 85.6 Å². The Hall–Kier alpha value is -0.670. The van der Waals surface area contributed by atoms with Gasteiger partial charge in [0.15, 0.2) is 0 Å². The lowest BCUT2D eigenvalue weighted by Crippen LogP contribution is -2.10. The summed E-state index contributed by atoms with van der Waals surface area (Å²) in [5.41, 5.74) is 6.27. The molecule has 2 N–H and O–H groups in total. The fourth-order valence-electron chi connectivity index (χ4n) is 1.11. The molecule has 3 heteroatoms. The molecule has 1 rings (SSSR count). The van der Waals surface area contributed by atoms with Crippen LogP contribution in [0.4, 0.5) is 4.39 Å². The summed E-state index contributed by atoms with van der Waals surface area (Å²) >= 11 is 3.27. The van der Waals surface area contributed by atoms with E-state index in [1.165, 1.54) is 6.07 Å². The van der Waals surface area contributed by atoms with Crippen molar-refractivity contribution in [2.24, 2.45) is 5.73 Å². The molecule has 0 amide bonds. The summed E-state index contributed by atoms with van der Waals surface area (Å²) in [6, 6.07) is 4.45. The Kier molecular flexibility index (Phi) is 3.63. The molecule has 0 saturated carbocycles. The molecule has 1 aromatic rings. The van der Waals surface area contributed by atoms with E-state index < -0.39 is 0 Å². The number of hydrogen-bond acceptors (Lipinski definition) is 1. The molecule has 1 atom stereocenters. The minimum Gasteiger partial charge on any atom is -0.324 e. The van der Waals surface area contributed by atoms with E-state index >= 15 is 0 Å². The maximum atomic E-state index is 13.2. The van der Waals surface area contributed by atoms with E-state index in [1.54, 1.807) is 18.2 Å². The van der Waals surface area contributed by atoms with Crippen LogP contribution in [-0.4, -0.2) is 0 Å². The lowest BCUT2D eigenvalue weighted by molar-refractivity contribution is 0.583. The van der Waals surface area contributed by atoms with Gasteiger partial charge in [0, 0.05) is 16.1 Å². The van der Waals surface area contributed by atoms with Gasteiger partial charge in [-0.3, -0.25) is 0 Å². The van der Waals surface area contributed by atoms with Crippen LogP contribution in [0.1, 0.15) is 18.0 Å². The highest BCUT2D eigenvalue weighted by Crippen LogP contribution is 2.22. The largest absolute Gasteiger partial charge is 0.324 e. The van der Waals surface area contributed by atoms with Crippen molar-refractivity contribution in [3.63, 3.8) is 0 Å². The Bertz CT molecular complexity index is 312. The van der Waals surface area contributed by atoms with Gasteiger partial charge >= 0.3 is 0 Å². The van der Waals surface area contributed by atoms with Crippen molar-refractivity contribution in [3.05, 3.63) is 46.7 Å². The van der Waals surface area contributed by atoms with Gasteiger partial charge in [0.05, 0.1) is 0 Å². The van der Waals surface area contributed by atoms with Crippen LogP contribution in [0.2, 0.25) is 0 Å². The molecule has 0 spiro atoms. The number of rotatable bonds is 3. The zero-order valence-corrected chi connectivity index (χ0v) is 8.72. The number of halogens is 2. The van der Waals surface area contributed by atoms with Crippen molar-refractivity contribution >= 4 is 15.9 Å². The number of hydrogen-bond donors (Lipinski definition) is 1. The quantitative estimate of drug-likeness (QED) is 0.812. The van der Waals surface area contributed by atoms with E-state index in [4.69, 9.17) is 5.73 Å². The lowest BCUT2D eigenvalue weighted by atomic mass is 10.0. The first-order chi connectivity index (χ1) is 6.15. The molecule has 0 bridgehead atoms. The van der Waals surface area contributed by atoms with Crippen molar-refractivity contribution in [1.82, 2.24) is 0 Å². The van der Waals surface area contributed by atoms with E-state index in [-0.39, 0.29) is 11.9 Å². The minimum absolute atomic E-state index is 0.266. The second-order valence-electron chi connectivity index (χ2n) is 2.80. The van der Waals surface area contributed by atoms with Gasteiger partial charge in [0.25, 0.3) is 0 Å². The summed E-state index contributed by atoms with van der Waals surface area (Å²) in [5, 5.41) is 0. The van der Waals surface area contributed by atoms with E-state index in [0.29, 0.717) is 12.0 Å². The van der Waals surface area contributed by atoms with Crippen molar-refractivity contribution in [3.8, 4) is 0 Å². The van der Waals surface area contributed by atoms with Gasteiger partial charge < -0.3 is 5.73 Å². The molecule has 0 unspecified atom stereocenters. The molecule has 0 aliphatic carbocycles. The summed E-state index contributed by atoms with van der Waals surface area (Å²) in [5.74, 6) is -0.266. The molecular formula is C10H11BrFN. The maximum absolute atomic E-state index is 13.2. The van der Waals surface area contributed by atoms with Crippen LogP contribution in [0.15, 0.2) is 35.3 Å². The molecule has 70 valence electrons. The van der Waals surface area contributed by atoms with Crippen molar-refractivity contribution < 1.29 is 4.39 Å². The summed E-state index contributed by atoms with van der Waals surface area (Å²) in [6.07, 6.45) is 2.26. The highest BCUT2D eigenvalue weighted by Gasteiger charge is 2.09. The standard InChI is InChI=1S/C10H11BrFN/c1-2-3-10(13)8-6-7(11)4-5-9(8)12/h2,4-6,10H,1,3,13H2/t10-/m0/s1. The molecule has 0 fully saturated rings.